The molecule has 4 rings (SSSR count). The number of hydrogen-bond donors (Lipinski definition) is 0. The topological polar surface area (TPSA) is 30.1 Å². The highest BCUT2D eigenvalue weighted by molar-refractivity contribution is 6.58. The molecular weight excluding hydrogens is 383 g/mol. The lowest BCUT2D eigenvalue weighted by Crippen LogP contribution is -2.51. The summed E-state index contributed by atoms with van der Waals surface area (Å²) in [5.74, 6) is 0.606. The number of allylic oxidation sites excluding steroid dienone is 2. The van der Waals surface area contributed by atoms with Gasteiger partial charge in [-0.3, -0.25) is 4.98 Å². The van der Waals surface area contributed by atoms with Gasteiger partial charge in [-0.15, -0.1) is 0 Å². The molecule has 0 fully saturated rings. The van der Waals surface area contributed by atoms with Gasteiger partial charge in [-0.2, -0.15) is 0 Å². The van der Waals surface area contributed by atoms with Gasteiger partial charge in [0.2, 0.25) is 0 Å². The fraction of sp³-hybridized carbons (Fsp3) is 0.391. The predicted molar refractivity (Wildman–Crippen MR) is 117 cm³/mol. The first-order valence-corrected chi connectivity index (χ1v) is 10.5. The van der Waals surface area contributed by atoms with Crippen LogP contribution in [0.5, 0.6) is 5.75 Å². The van der Waals surface area contributed by atoms with Crippen LogP contribution < -0.4 is 4.74 Å². The van der Waals surface area contributed by atoms with Crippen LogP contribution in [0.3, 0.4) is 0 Å². The van der Waals surface area contributed by atoms with E-state index in [9.17, 15) is 0 Å². The predicted octanol–water partition coefficient (Wildman–Crippen LogP) is 5.28. The van der Waals surface area contributed by atoms with E-state index < -0.39 is 6.97 Å². The zero-order chi connectivity index (χ0) is 22.0. The maximum Gasteiger partial charge on any atom is 0.737 e. The summed E-state index contributed by atoms with van der Waals surface area (Å²) < 4.78 is 40.2. The Morgan fingerprint density at radius 3 is 2.40 bits per heavy atom. The average molecular weight is 411 g/mol. The number of hydrogen-bond acceptors (Lipinski definition) is 2. The minimum atomic E-state index is -4.01. The fourth-order valence-corrected chi connectivity index (χ4v) is 5.42. The molecule has 0 aromatic carbocycles. The third-order valence-corrected chi connectivity index (χ3v) is 6.73. The van der Waals surface area contributed by atoms with E-state index in [4.69, 9.17) is 4.74 Å². The summed E-state index contributed by atoms with van der Waals surface area (Å²) in [5.41, 5.74) is 7.85. The number of rotatable bonds is 4. The Balaban J connectivity index is 2.22. The molecule has 0 atom stereocenters. The summed E-state index contributed by atoms with van der Waals surface area (Å²) in [6.45, 7) is 7.56. The summed E-state index contributed by atoms with van der Waals surface area (Å²) in [6, 6.07) is 1.88. The third-order valence-electron chi connectivity index (χ3n) is 6.73. The van der Waals surface area contributed by atoms with Gasteiger partial charge in [0.25, 0.3) is 0 Å². The Morgan fingerprint density at radius 2 is 1.80 bits per heavy atom. The van der Waals surface area contributed by atoms with Gasteiger partial charge in [-0.25, -0.2) is 0 Å². The SMILES string of the molecule is CCC1=C(C)C2=C(c3cncc(OC)c3)c3c(C)c(CC)c(C)n3[B-](F)(F)[N+]2=C1C. The molecule has 0 radical (unpaired) electrons. The largest absolute Gasteiger partial charge is 0.737 e. The van der Waals surface area contributed by atoms with Crippen molar-refractivity contribution in [2.24, 2.45) is 0 Å². The van der Waals surface area contributed by atoms with Gasteiger partial charge in [0, 0.05) is 35.5 Å². The number of nitrogens with zero attached hydrogens (tertiary/aromatic N) is 3. The molecule has 0 N–H and O–H groups in total. The minimum Gasteiger partial charge on any atom is -0.495 e. The van der Waals surface area contributed by atoms with E-state index in [0.29, 0.717) is 41.4 Å². The van der Waals surface area contributed by atoms with Crippen molar-refractivity contribution >= 4 is 18.3 Å². The molecule has 0 spiro atoms. The molecule has 2 aromatic rings. The number of fused-ring (bicyclic) bond motifs is 2. The molecule has 0 saturated heterocycles. The summed E-state index contributed by atoms with van der Waals surface area (Å²) in [4.78, 5) is 4.32. The third kappa shape index (κ3) is 2.50. The quantitative estimate of drug-likeness (QED) is 0.641. The number of halogens is 2. The van der Waals surface area contributed by atoms with Crippen molar-refractivity contribution in [2.75, 3.05) is 7.11 Å². The van der Waals surface area contributed by atoms with E-state index in [2.05, 4.69) is 4.98 Å². The van der Waals surface area contributed by atoms with E-state index in [0.717, 1.165) is 33.4 Å². The average Bonchev–Trinajstić information content (AvgIpc) is 3.13. The van der Waals surface area contributed by atoms with Crippen LogP contribution in [0.2, 0.25) is 0 Å². The highest BCUT2D eigenvalue weighted by atomic mass is 19.2. The van der Waals surface area contributed by atoms with Gasteiger partial charge in [-0.1, -0.05) is 13.8 Å². The summed E-state index contributed by atoms with van der Waals surface area (Å²) in [7, 11) is 1.59. The van der Waals surface area contributed by atoms with Crippen LogP contribution in [0, 0.1) is 13.8 Å². The summed E-state index contributed by atoms with van der Waals surface area (Å²) in [5, 5.41) is 0. The molecule has 30 heavy (non-hydrogen) atoms. The molecule has 4 nitrogen and oxygen atoms in total. The Morgan fingerprint density at radius 1 is 1.10 bits per heavy atom. The standard InChI is InChI=1S/C23H28BF2N3O/c1-8-19-13(3)22-21(17-10-18(30-7)12-27-11-17)23-14(4)20(9-2)16(6)29(23)24(25,26)28(22)15(19)5/h10-12H,8-9H2,1-7H3. The van der Waals surface area contributed by atoms with Crippen molar-refractivity contribution in [3.8, 4) is 5.75 Å². The molecule has 0 saturated carbocycles. The van der Waals surface area contributed by atoms with Gasteiger partial charge in [0.15, 0.2) is 5.70 Å². The molecule has 4 heterocycles. The van der Waals surface area contributed by atoms with E-state index in [1.54, 1.807) is 19.5 Å². The molecular formula is C23H28BF2N3O. The van der Waals surface area contributed by atoms with Gasteiger partial charge < -0.3 is 22.3 Å². The summed E-state index contributed by atoms with van der Waals surface area (Å²) >= 11 is 0. The number of aromatic nitrogens is 2. The lowest BCUT2D eigenvalue weighted by Gasteiger charge is -2.34. The maximum atomic E-state index is 16.1. The number of methoxy groups -OCH3 is 1. The van der Waals surface area contributed by atoms with Crippen molar-refractivity contribution in [3.63, 3.8) is 0 Å². The van der Waals surface area contributed by atoms with Crippen LogP contribution in [0.25, 0.3) is 5.57 Å². The molecule has 2 aromatic heterocycles. The van der Waals surface area contributed by atoms with Crippen molar-refractivity contribution < 1.29 is 17.9 Å². The summed E-state index contributed by atoms with van der Waals surface area (Å²) in [6.07, 6.45) is 4.79. The fourth-order valence-electron chi connectivity index (χ4n) is 5.42. The second kappa shape index (κ2) is 6.93. The zero-order valence-electron chi connectivity index (χ0n) is 18.7. The van der Waals surface area contributed by atoms with E-state index in [1.807, 2.05) is 47.6 Å². The highest BCUT2D eigenvalue weighted by Crippen LogP contribution is 2.47. The van der Waals surface area contributed by atoms with Gasteiger partial charge in [-0.05, 0) is 56.5 Å². The van der Waals surface area contributed by atoms with Crippen molar-refractivity contribution in [1.82, 2.24) is 9.46 Å². The first-order valence-electron chi connectivity index (χ1n) is 10.5. The molecule has 0 aliphatic carbocycles. The molecule has 0 bridgehead atoms. The molecule has 2 aliphatic rings. The Hall–Kier alpha value is -2.70. The molecule has 0 amide bonds. The van der Waals surface area contributed by atoms with Crippen LogP contribution in [-0.2, 0) is 6.42 Å². The van der Waals surface area contributed by atoms with Crippen molar-refractivity contribution in [1.29, 1.82) is 0 Å². The van der Waals surface area contributed by atoms with E-state index >= 15 is 8.63 Å². The smallest absolute Gasteiger partial charge is 0.495 e. The van der Waals surface area contributed by atoms with E-state index in [-0.39, 0.29) is 0 Å². The zero-order valence-corrected chi connectivity index (χ0v) is 18.7. The van der Waals surface area contributed by atoms with Crippen molar-refractivity contribution in [3.05, 3.63) is 63.4 Å². The maximum absolute atomic E-state index is 16.1. The highest BCUT2D eigenvalue weighted by Gasteiger charge is 2.56. The van der Waals surface area contributed by atoms with Crippen molar-refractivity contribution in [2.45, 2.75) is 54.4 Å². The number of ether oxygens (including phenoxy) is 1. The van der Waals surface area contributed by atoms with Crippen LogP contribution in [0.4, 0.5) is 8.63 Å². The lowest BCUT2D eigenvalue weighted by molar-refractivity contribution is -0.363. The number of pyridine rings is 1. The monoisotopic (exact) mass is 411 g/mol. The molecule has 2 aliphatic heterocycles. The minimum absolute atomic E-state index is 0.597. The first kappa shape index (κ1) is 20.6. The molecule has 158 valence electrons. The first-order chi connectivity index (χ1) is 14.2. The second-order valence-corrected chi connectivity index (χ2v) is 8.10. The molecule has 0 unspecified atom stereocenters. The normalized spacial score (nSPS) is 17.6. The van der Waals surface area contributed by atoms with E-state index in [1.165, 1.54) is 8.96 Å². The Labute approximate surface area is 176 Å². The van der Waals surface area contributed by atoms with Crippen LogP contribution in [0.1, 0.15) is 62.2 Å². The Kier molecular flexibility index (Phi) is 4.75. The van der Waals surface area contributed by atoms with Crippen LogP contribution in [-0.4, -0.2) is 33.7 Å². The van der Waals surface area contributed by atoms with Gasteiger partial charge >= 0.3 is 6.97 Å². The molecule has 7 heteroatoms. The Bertz CT molecular complexity index is 1170. The van der Waals surface area contributed by atoms with Crippen LogP contribution in [0.15, 0.2) is 35.3 Å². The van der Waals surface area contributed by atoms with Gasteiger partial charge in [0.05, 0.1) is 18.9 Å². The van der Waals surface area contributed by atoms with Gasteiger partial charge in [0.1, 0.15) is 11.5 Å². The second-order valence-electron chi connectivity index (χ2n) is 8.10. The van der Waals surface area contributed by atoms with Crippen LogP contribution >= 0.6 is 0 Å². The lowest BCUT2D eigenvalue weighted by atomic mass is 9.84.